The maximum Gasteiger partial charge on any atom is 3.00 e. The zero-order valence-corrected chi connectivity index (χ0v) is 27.0. The van der Waals surface area contributed by atoms with Gasteiger partial charge in [0.1, 0.15) is 8.07 Å². The average molecular weight is 614 g/mol. The van der Waals surface area contributed by atoms with Gasteiger partial charge in [-0.25, -0.2) is 0 Å². The van der Waals surface area contributed by atoms with Crippen LogP contribution in [0.4, 0.5) is 0 Å². The second kappa shape index (κ2) is 10.1. The van der Waals surface area contributed by atoms with Crippen LogP contribution in [0.25, 0.3) is 27.6 Å². The summed E-state index contributed by atoms with van der Waals surface area (Å²) in [5.41, 5.74) is 6.00. The molecule has 4 aromatic carbocycles. The first-order valence-corrected chi connectivity index (χ1v) is 18.3. The fourth-order valence-corrected chi connectivity index (χ4v) is 9.98. The molecule has 35 heavy (non-hydrogen) atoms. The molecule has 1 aliphatic carbocycles. The minimum atomic E-state index is -1.52. The van der Waals surface area contributed by atoms with E-state index in [4.69, 9.17) is 4.43 Å². The first-order valence-electron chi connectivity index (χ1n) is 11.8. The molecule has 0 spiro atoms. The molecule has 1 heterocycles. The summed E-state index contributed by atoms with van der Waals surface area (Å²) >= 11 is 0. The Morgan fingerprint density at radius 3 is 2.37 bits per heavy atom. The molecule has 1 radical (unpaired) electrons. The molecular formula is C29H31Cl2OSi2Zr. The van der Waals surface area contributed by atoms with Gasteiger partial charge < -0.3 is 29.2 Å². The average Bonchev–Trinajstić information content (AvgIpc) is 3.05. The number of hydrogen-bond acceptors (Lipinski definition) is 1. The molecule has 0 bridgehead atoms. The topological polar surface area (TPSA) is 9.23 Å². The predicted molar refractivity (Wildman–Crippen MR) is 144 cm³/mol. The van der Waals surface area contributed by atoms with Crippen molar-refractivity contribution in [2.45, 2.75) is 45.1 Å². The summed E-state index contributed by atoms with van der Waals surface area (Å²) in [6.07, 6.45) is 3.47. The number of fused-ring (bicyclic) bond motifs is 5. The Kier molecular flexibility index (Phi) is 8.30. The summed E-state index contributed by atoms with van der Waals surface area (Å²) in [5, 5.41) is 9.07. The maximum atomic E-state index is 6.30. The Labute approximate surface area is 242 Å². The molecule has 1 unspecified atom stereocenters. The van der Waals surface area contributed by atoms with Crippen LogP contribution in [0.15, 0.2) is 66.2 Å². The molecule has 0 aromatic heterocycles. The first kappa shape index (κ1) is 28.7. The van der Waals surface area contributed by atoms with Gasteiger partial charge in [0.2, 0.25) is 0 Å². The van der Waals surface area contributed by atoms with Crippen LogP contribution in [0.1, 0.15) is 29.0 Å². The van der Waals surface area contributed by atoms with Gasteiger partial charge in [-0.15, -0.1) is 33.7 Å². The van der Waals surface area contributed by atoms with Gasteiger partial charge in [-0.3, -0.25) is 0 Å². The third-order valence-corrected chi connectivity index (χ3v) is 11.8. The Morgan fingerprint density at radius 2 is 1.63 bits per heavy atom. The van der Waals surface area contributed by atoms with Crippen LogP contribution in [0.3, 0.4) is 0 Å². The van der Waals surface area contributed by atoms with Crippen molar-refractivity contribution in [2.75, 3.05) is 6.61 Å². The third kappa shape index (κ3) is 4.76. The molecule has 0 saturated heterocycles. The number of benzene rings is 3. The minimum absolute atomic E-state index is 0. The van der Waals surface area contributed by atoms with Gasteiger partial charge in [-0.05, 0) is 37.2 Å². The standard InChI is InChI=1S/C29H31OSi2.2ClH.Zr/c1-31(2,3)30-15-14-21-16-19-10-7-9-13-23(19)27(21)28-25-17-20-11-6-8-12-22(20)24(25)18-26-29(28)32(26,4)5;;;/h6-13,16-18,27H,14-15H2,1-5H3;2*1H;/q-1;;;+3/p-2. The molecule has 4 aromatic rings. The van der Waals surface area contributed by atoms with Gasteiger partial charge in [0.15, 0.2) is 8.32 Å². The molecule has 179 valence electrons. The van der Waals surface area contributed by atoms with E-state index in [1.165, 1.54) is 38.2 Å². The molecule has 0 amide bonds. The largest absolute Gasteiger partial charge is 3.00 e. The van der Waals surface area contributed by atoms with Crippen LogP contribution in [-0.4, -0.2) is 23.0 Å². The second-order valence-corrected chi connectivity index (χ2v) is 19.8. The van der Waals surface area contributed by atoms with Crippen molar-refractivity contribution in [2.24, 2.45) is 0 Å². The van der Waals surface area contributed by atoms with Crippen molar-refractivity contribution in [1.29, 1.82) is 0 Å². The van der Waals surface area contributed by atoms with E-state index in [0.717, 1.165) is 13.0 Å². The van der Waals surface area contributed by atoms with Crippen molar-refractivity contribution >= 4 is 54.4 Å². The van der Waals surface area contributed by atoms with E-state index in [1.54, 1.807) is 15.9 Å². The molecule has 2 aliphatic rings. The van der Waals surface area contributed by atoms with E-state index in [1.807, 2.05) is 0 Å². The Bertz CT molecular complexity index is 1430. The zero-order chi connectivity index (χ0) is 22.3. The molecule has 1 nitrogen and oxygen atoms in total. The van der Waals surface area contributed by atoms with Gasteiger partial charge >= 0.3 is 26.2 Å². The van der Waals surface area contributed by atoms with E-state index < -0.39 is 16.4 Å². The van der Waals surface area contributed by atoms with Crippen LogP contribution in [0.5, 0.6) is 0 Å². The van der Waals surface area contributed by atoms with Gasteiger partial charge in [-0.1, -0.05) is 89.2 Å². The van der Waals surface area contributed by atoms with Crippen LogP contribution in [0, 0.1) is 0 Å². The normalized spacial score (nSPS) is 17.1. The summed E-state index contributed by atoms with van der Waals surface area (Å²) in [6.45, 7) is 12.7. The van der Waals surface area contributed by atoms with Crippen molar-refractivity contribution < 1.29 is 55.4 Å². The Balaban J connectivity index is 0.00000114. The summed E-state index contributed by atoms with van der Waals surface area (Å²) in [4.78, 5) is 0. The molecule has 6 heteroatoms. The zero-order valence-electron chi connectivity index (χ0n) is 21.0. The van der Waals surface area contributed by atoms with Crippen LogP contribution < -0.4 is 35.2 Å². The van der Waals surface area contributed by atoms with E-state index in [9.17, 15) is 0 Å². The van der Waals surface area contributed by atoms with E-state index in [-0.39, 0.29) is 51.0 Å². The second-order valence-electron chi connectivity index (χ2n) is 11.0. The van der Waals surface area contributed by atoms with E-state index in [2.05, 4.69) is 99.5 Å². The predicted octanol–water partition coefficient (Wildman–Crippen LogP) is 0.624. The third-order valence-electron chi connectivity index (χ3n) is 7.43. The summed E-state index contributed by atoms with van der Waals surface area (Å²) in [7, 11) is -2.98. The fourth-order valence-electron chi connectivity index (χ4n) is 5.86. The van der Waals surface area contributed by atoms with Crippen molar-refractivity contribution in [3.05, 3.63) is 82.9 Å². The fraction of sp³-hybridized carbons (Fsp3) is 0.276. The molecule has 6 rings (SSSR count). The Morgan fingerprint density at radius 1 is 0.943 bits per heavy atom. The number of hydrogen-bond donors (Lipinski definition) is 0. The molecule has 0 N–H and O–H groups in total. The van der Waals surface area contributed by atoms with Gasteiger partial charge in [0.05, 0.1) is 0 Å². The van der Waals surface area contributed by atoms with Crippen LogP contribution in [-0.2, 0) is 30.6 Å². The van der Waals surface area contributed by atoms with Crippen molar-refractivity contribution in [3.63, 3.8) is 0 Å². The first-order chi connectivity index (χ1) is 15.3. The number of halogens is 2. The smallest absolute Gasteiger partial charge is 1.00 e. The molecular weight excluding hydrogens is 583 g/mol. The Hall–Kier alpha value is -0.873. The van der Waals surface area contributed by atoms with Crippen LogP contribution in [0.2, 0.25) is 32.7 Å². The summed E-state index contributed by atoms with van der Waals surface area (Å²) in [5.74, 6) is 0.361. The van der Waals surface area contributed by atoms with Crippen LogP contribution >= 0.6 is 0 Å². The van der Waals surface area contributed by atoms with E-state index in [0.29, 0.717) is 5.92 Å². The quantitative estimate of drug-likeness (QED) is 0.237. The monoisotopic (exact) mass is 611 g/mol. The molecule has 0 saturated carbocycles. The van der Waals surface area contributed by atoms with Gasteiger partial charge in [0, 0.05) is 12.5 Å². The summed E-state index contributed by atoms with van der Waals surface area (Å²) in [6, 6.07) is 22.9. The SMILES string of the molecule is C[Si](C)(C)OCCC1=Cc2ccccc2C1c1c2c(cc3c1[cH-]c1ccccc13)[Si]2(C)C.[Cl-].[Cl-].[Zr+3]. The van der Waals surface area contributed by atoms with Crippen molar-refractivity contribution in [1.82, 2.24) is 0 Å². The molecule has 1 aliphatic heterocycles. The van der Waals surface area contributed by atoms with Crippen molar-refractivity contribution in [3.8, 4) is 0 Å². The molecule has 0 fully saturated rings. The minimum Gasteiger partial charge on any atom is -1.00 e. The van der Waals surface area contributed by atoms with Gasteiger partial charge in [0.25, 0.3) is 0 Å². The number of rotatable bonds is 5. The van der Waals surface area contributed by atoms with E-state index >= 15 is 0 Å². The maximum absolute atomic E-state index is 6.30. The summed E-state index contributed by atoms with van der Waals surface area (Å²) < 4.78 is 6.30. The molecule has 1 atom stereocenters. The van der Waals surface area contributed by atoms with Gasteiger partial charge in [-0.2, -0.15) is 0 Å².